The Labute approximate surface area is 163 Å². The molecule has 0 saturated carbocycles. The van der Waals surface area contributed by atoms with E-state index in [0.29, 0.717) is 6.54 Å². The minimum Gasteiger partial charge on any atom is -0.467 e. The maximum atomic E-state index is 13.5. The molecule has 4 rings (SSSR count). The summed E-state index contributed by atoms with van der Waals surface area (Å²) in [4.78, 5) is 4.70. The Morgan fingerprint density at radius 1 is 1.14 bits per heavy atom. The SMILES string of the molecule is C=CCN1CCN(C(c2ccc(F)cc2)c2nnnn2Cc2ccco2)CC1. The van der Waals surface area contributed by atoms with E-state index in [-0.39, 0.29) is 11.9 Å². The Morgan fingerprint density at radius 3 is 2.61 bits per heavy atom. The molecular formula is C20H23FN6O. The lowest BCUT2D eigenvalue weighted by Gasteiger charge is -2.38. The monoisotopic (exact) mass is 382 g/mol. The van der Waals surface area contributed by atoms with Crippen LogP contribution in [0.4, 0.5) is 4.39 Å². The van der Waals surface area contributed by atoms with Crippen molar-refractivity contribution in [1.29, 1.82) is 0 Å². The fourth-order valence-electron chi connectivity index (χ4n) is 3.63. The van der Waals surface area contributed by atoms with Gasteiger partial charge >= 0.3 is 0 Å². The zero-order valence-electron chi connectivity index (χ0n) is 15.6. The fraction of sp³-hybridized carbons (Fsp3) is 0.350. The Hall–Kier alpha value is -2.84. The molecule has 3 aromatic rings. The molecular weight excluding hydrogens is 359 g/mol. The molecule has 8 heteroatoms. The summed E-state index contributed by atoms with van der Waals surface area (Å²) in [6.45, 7) is 8.75. The normalized spacial score (nSPS) is 16.9. The highest BCUT2D eigenvalue weighted by Crippen LogP contribution is 2.28. The van der Waals surface area contributed by atoms with Crippen molar-refractivity contribution in [3.05, 3.63) is 78.3 Å². The number of aromatic nitrogens is 4. The third kappa shape index (κ3) is 4.02. The molecule has 146 valence electrons. The molecule has 3 heterocycles. The maximum Gasteiger partial charge on any atom is 0.173 e. The molecule has 0 aliphatic carbocycles. The minimum atomic E-state index is -0.256. The first kappa shape index (κ1) is 18.5. The molecule has 1 aliphatic heterocycles. The van der Waals surface area contributed by atoms with E-state index in [1.165, 1.54) is 12.1 Å². The van der Waals surface area contributed by atoms with Crippen LogP contribution in [0.3, 0.4) is 0 Å². The zero-order valence-corrected chi connectivity index (χ0v) is 15.6. The van der Waals surface area contributed by atoms with Gasteiger partial charge in [0.25, 0.3) is 0 Å². The predicted octanol–water partition coefficient (Wildman–Crippen LogP) is 2.35. The molecule has 1 fully saturated rings. The fourth-order valence-corrected chi connectivity index (χ4v) is 3.63. The summed E-state index contributed by atoms with van der Waals surface area (Å²) in [7, 11) is 0. The molecule has 0 radical (unpaired) electrons. The number of rotatable bonds is 7. The van der Waals surface area contributed by atoms with Crippen molar-refractivity contribution in [2.24, 2.45) is 0 Å². The quantitative estimate of drug-likeness (QED) is 0.585. The van der Waals surface area contributed by atoms with Gasteiger partial charge in [-0.3, -0.25) is 9.80 Å². The van der Waals surface area contributed by atoms with Crippen LogP contribution < -0.4 is 0 Å². The standard InChI is InChI=1S/C20H23FN6O/c1-2-9-25-10-12-26(13-11-25)19(16-5-7-17(21)8-6-16)20-22-23-24-27(20)15-18-4-3-14-28-18/h2-8,14,19H,1,9-13,15H2. The number of furan rings is 1. The summed E-state index contributed by atoms with van der Waals surface area (Å²) in [6.07, 6.45) is 3.56. The molecule has 1 aliphatic rings. The van der Waals surface area contributed by atoms with E-state index in [2.05, 4.69) is 31.9 Å². The first-order valence-electron chi connectivity index (χ1n) is 9.36. The molecule has 0 spiro atoms. The van der Waals surface area contributed by atoms with Crippen LogP contribution in [0.15, 0.2) is 59.7 Å². The molecule has 0 N–H and O–H groups in total. The minimum absolute atomic E-state index is 0.156. The third-order valence-electron chi connectivity index (χ3n) is 5.03. The highest BCUT2D eigenvalue weighted by atomic mass is 19.1. The lowest BCUT2D eigenvalue weighted by atomic mass is 10.0. The third-order valence-corrected chi connectivity index (χ3v) is 5.03. The van der Waals surface area contributed by atoms with Gasteiger partial charge in [0.05, 0.1) is 12.3 Å². The van der Waals surface area contributed by atoms with Crippen LogP contribution in [0.2, 0.25) is 0 Å². The van der Waals surface area contributed by atoms with E-state index in [4.69, 9.17) is 4.42 Å². The van der Waals surface area contributed by atoms with Crippen molar-refractivity contribution >= 4 is 0 Å². The zero-order chi connectivity index (χ0) is 19.3. The Kier molecular flexibility index (Phi) is 5.59. The second kappa shape index (κ2) is 8.45. The van der Waals surface area contributed by atoms with Gasteiger partial charge in [-0.1, -0.05) is 18.2 Å². The predicted molar refractivity (Wildman–Crippen MR) is 102 cm³/mol. The molecule has 1 unspecified atom stereocenters. The molecule has 1 saturated heterocycles. The summed E-state index contributed by atoms with van der Waals surface area (Å²) in [5.74, 6) is 1.25. The largest absolute Gasteiger partial charge is 0.467 e. The van der Waals surface area contributed by atoms with E-state index < -0.39 is 0 Å². The van der Waals surface area contributed by atoms with Crippen molar-refractivity contribution in [3.8, 4) is 0 Å². The number of halogens is 1. The van der Waals surface area contributed by atoms with Crippen LogP contribution in [0.25, 0.3) is 0 Å². The Morgan fingerprint density at radius 2 is 1.93 bits per heavy atom. The van der Waals surface area contributed by atoms with Crippen molar-refractivity contribution < 1.29 is 8.81 Å². The van der Waals surface area contributed by atoms with Crippen molar-refractivity contribution in [3.63, 3.8) is 0 Å². The van der Waals surface area contributed by atoms with E-state index in [9.17, 15) is 4.39 Å². The van der Waals surface area contributed by atoms with Gasteiger partial charge in [0.15, 0.2) is 5.82 Å². The van der Waals surface area contributed by atoms with Gasteiger partial charge in [0.1, 0.15) is 18.1 Å². The van der Waals surface area contributed by atoms with Gasteiger partial charge in [-0.05, 0) is 40.3 Å². The van der Waals surface area contributed by atoms with Gasteiger partial charge < -0.3 is 4.42 Å². The molecule has 28 heavy (non-hydrogen) atoms. The highest BCUT2D eigenvalue weighted by Gasteiger charge is 2.30. The Bertz CT molecular complexity index is 884. The smallest absolute Gasteiger partial charge is 0.173 e. The lowest BCUT2D eigenvalue weighted by Crippen LogP contribution is -2.48. The average Bonchev–Trinajstić information content (AvgIpc) is 3.38. The van der Waals surface area contributed by atoms with Gasteiger partial charge in [-0.2, -0.15) is 0 Å². The van der Waals surface area contributed by atoms with E-state index >= 15 is 0 Å². The molecule has 2 aromatic heterocycles. The molecule has 0 bridgehead atoms. The molecule has 1 atom stereocenters. The topological polar surface area (TPSA) is 63.2 Å². The molecule has 1 aromatic carbocycles. The number of hydrogen-bond acceptors (Lipinski definition) is 6. The van der Waals surface area contributed by atoms with E-state index in [0.717, 1.165) is 49.9 Å². The maximum absolute atomic E-state index is 13.5. The lowest BCUT2D eigenvalue weighted by molar-refractivity contribution is 0.112. The van der Waals surface area contributed by atoms with Crippen LogP contribution >= 0.6 is 0 Å². The number of piperazine rings is 1. The van der Waals surface area contributed by atoms with Crippen molar-refractivity contribution in [2.45, 2.75) is 12.6 Å². The number of tetrazole rings is 1. The van der Waals surface area contributed by atoms with Crippen LogP contribution in [0.1, 0.15) is 23.2 Å². The molecule has 0 amide bonds. The summed E-state index contributed by atoms with van der Waals surface area (Å²) in [6, 6.07) is 10.2. The number of nitrogens with zero attached hydrogens (tertiary/aromatic N) is 6. The molecule has 7 nitrogen and oxygen atoms in total. The van der Waals surface area contributed by atoms with Crippen molar-refractivity contribution in [2.75, 3.05) is 32.7 Å². The number of benzene rings is 1. The van der Waals surface area contributed by atoms with Crippen LogP contribution in [-0.4, -0.2) is 62.7 Å². The van der Waals surface area contributed by atoms with Crippen LogP contribution in [-0.2, 0) is 6.54 Å². The highest BCUT2D eigenvalue weighted by molar-refractivity contribution is 5.26. The summed E-state index contributed by atoms with van der Waals surface area (Å²) >= 11 is 0. The average molecular weight is 382 g/mol. The second-order valence-electron chi connectivity index (χ2n) is 6.85. The number of hydrogen-bond donors (Lipinski definition) is 0. The van der Waals surface area contributed by atoms with Gasteiger partial charge in [0, 0.05) is 32.7 Å². The van der Waals surface area contributed by atoms with E-state index in [1.54, 1.807) is 10.9 Å². The first-order valence-corrected chi connectivity index (χ1v) is 9.36. The van der Waals surface area contributed by atoms with Gasteiger partial charge in [0.2, 0.25) is 0 Å². The van der Waals surface area contributed by atoms with E-state index in [1.807, 2.05) is 30.3 Å². The summed E-state index contributed by atoms with van der Waals surface area (Å²) in [5.41, 5.74) is 0.967. The summed E-state index contributed by atoms with van der Waals surface area (Å²) in [5, 5.41) is 12.4. The van der Waals surface area contributed by atoms with Crippen molar-refractivity contribution in [1.82, 2.24) is 30.0 Å². The second-order valence-corrected chi connectivity index (χ2v) is 6.85. The van der Waals surface area contributed by atoms with Gasteiger partial charge in [-0.25, -0.2) is 9.07 Å². The summed E-state index contributed by atoms with van der Waals surface area (Å²) < 4.78 is 20.7. The van der Waals surface area contributed by atoms with Gasteiger partial charge in [-0.15, -0.1) is 11.7 Å². The van der Waals surface area contributed by atoms with Crippen LogP contribution in [0.5, 0.6) is 0 Å². The first-order chi connectivity index (χ1) is 13.7. The Balaban J connectivity index is 1.64. The van der Waals surface area contributed by atoms with Crippen LogP contribution in [0, 0.1) is 5.82 Å².